The molecule has 0 bridgehead atoms. The Balaban J connectivity index is 1.62. The molecule has 0 aliphatic carbocycles. The van der Waals surface area contributed by atoms with E-state index in [2.05, 4.69) is 44.6 Å². The first-order valence-electron chi connectivity index (χ1n) is 10.9. The van der Waals surface area contributed by atoms with Crippen LogP contribution < -0.4 is 0 Å². The molecule has 0 aliphatic heterocycles. The van der Waals surface area contributed by atoms with Crippen LogP contribution in [0, 0.1) is 0 Å². The zero-order valence-electron chi connectivity index (χ0n) is 18.5. The van der Waals surface area contributed by atoms with Crippen molar-refractivity contribution < 1.29 is 13.2 Å². The summed E-state index contributed by atoms with van der Waals surface area (Å²) in [5.41, 5.74) is 0.560. The average molecular weight is 458 g/mol. The van der Waals surface area contributed by atoms with Crippen molar-refractivity contribution in [2.45, 2.75) is 58.7 Å². The van der Waals surface area contributed by atoms with Gasteiger partial charge >= 0.3 is 6.18 Å². The molecule has 0 saturated heterocycles. The highest BCUT2D eigenvalue weighted by Gasteiger charge is 2.37. The molecule has 4 aromatic rings. The van der Waals surface area contributed by atoms with Gasteiger partial charge in [0.05, 0.1) is 12.1 Å². The summed E-state index contributed by atoms with van der Waals surface area (Å²) in [7, 11) is 0. The Bertz CT molecular complexity index is 1170. The van der Waals surface area contributed by atoms with E-state index in [-0.39, 0.29) is 11.5 Å². The number of halogens is 3. The van der Waals surface area contributed by atoms with Crippen molar-refractivity contribution in [2.24, 2.45) is 0 Å². The van der Waals surface area contributed by atoms with E-state index in [1.54, 1.807) is 12.1 Å². The van der Waals surface area contributed by atoms with Crippen LogP contribution in [0.1, 0.15) is 55.9 Å². The van der Waals surface area contributed by atoms with Gasteiger partial charge in [0.25, 0.3) is 0 Å². The van der Waals surface area contributed by atoms with E-state index in [0.29, 0.717) is 12.2 Å². The molecule has 0 fully saturated rings. The quantitative estimate of drug-likeness (QED) is 0.396. The summed E-state index contributed by atoms with van der Waals surface area (Å²) in [4.78, 5) is 4.68. The first-order valence-corrected chi connectivity index (χ1v) is 10.9. The molecule has 3 aromatic heterocycles. The van der Waals surface area contributed by atoms with E-state index in [0.717, 1.165) is 55.4 Å². The van der Waals surface area contributed by atoms with Crippen molar-refractivity contribution in [1.29, 1.82) is 0 Å². The molecule has 1 N–H and O–H groups in total. The number of hydrogen-bond donors (Lipinski definition) is 1. The Labute approximate surface area is 188 Å². The van der Waals surface area contributed by atoms with Crippen LogP contribution in [0.25, 0.3) is 17.2 Å². The third-order valence-electron chi connectivity index (χ3n) is 5.32. The zero-order valence-corrected chi connectivity index (χ0v) is 18.5. The predicted molar refractivity (Wildman–Crippen MR) is 116 cm³/mol. The van der Waals surface area contributed by atoms with Gasteiger partial charge in [0.2, 0.25) is 5.82 Å². The van der Waals surface area contributed by atoms with Crippen LogP contribution in [0.4, 0.5) is 13.2 Å². The van der Waals surface area contributed by atoms with Crippen molar-refractivity contribution in [3.8, 4) is 17.2 Å². The molecule has 8 nitrogen and oxygen atoms in total. The summed E-state index contributed by atoms with van der Waals surface area (Å²) in [6, 6.07) is 8.33. The SMILES string of the molecule is CCCCc1nc(CCC)nn1Cc1ccc(-n2ccc(C(F)(F)F)c2-c2nn[nH]n2)cc1. The van der Waals surface area contributed by atoms with Gasteiger partial charge in [0.15, 0.2) is 5.82 Å². The maximum atomic E-state index is 13.5. The van der Waals surface area contributed by atoms with Gasteiger partial charge in [0.1, 0.15) is 11.5 Å². The van der Waals surface area contributed by atoms with Crippen LogP contribution >= 0.6 is 0 Å². The van der Waals surface area contributed by atoms with Gasteiger partial charge in [-0.15, -0.1) is 10.2 Å². The van der Waals surface area contributed by atoms with Crippen LogP contribution in [0.15, 0.2) is 36.5 Å². The molecule has 0 atom stereocenters. The number of tetrazole rings is 1. The Morgan fingerprint density at radius 2 is 1.79 bits per heavy atom. The third-order valence-corrected chi connectivity index (χ3v) is 5.32. The van der Waals surface area contributed by atoms with Gasteiger partial charge in [0, 0.05) is 24.7 Å². The Hall–Kier alpha value is -3.50. The molecule has 0 radical (unpaired) electrons. The number of benzene rings is 1. The second kappa shape index (κ2) is 9.55. The lowest BCUT2D eigenvalue weighted by atomic mass is 10.2. The number of H-pyrrole nitrogens is 1. The number of rotatable bonds is 9. The molecule has 0 spiro atoms. The molecule has 0 amide bonds. The molecular weight excluding hydrogens is 433 g/mol. The largest absolute Gasteiger partial charge is 0.418 e. The number of hydrogen-bond acceptors (Lipinski definition) is 5. The fraction of sp³-hybridized carbons (Fsp3) is 0.409. The lowest BCUT2D eigenvalue weighted by Crippen LogP contribution is -2.09. The van der Waals surface area contributed by atoms with Crippen LogP contribution in [0.2, 0.25) is 0 Å². The average Bonchev–Trinajstić information content (AvgIpc) is 3.52. The maximum Gasteiger partial charge on any atom is 0.418 e. The summed E-state index contributed by atoms with van der Waals surface area (Å²) in [6.07, 6.45) is 1.61. The first-order chi connectivity index (χ1) is 15.9. The van der Waals surface area contributed by atoms with E-state index in [9.17, 15) is 13.2 Å². The summed E-state index contributed by atoms with van der Waals surface area (Å²) in [5.74, 6) is 1.68. The Kier molecular flexibility index (Phi) is 6.57. The molecule has 174 valence electrons. The summed E-state index contributed by atoms with van der Waals surface area (Å²) < 4.78 is 44.0. The normalized spacial score (nSPS) is 11.9. The van der Waals surface area contributed by atoms with E-state index >= 15 is 0 Å². The number of nitrogens with zero attached hydrogens (tertiary/aromatic N) is 7. The molecule has 11 heteroatoms. The Morgan fingerprint density at radius 1 is 1.00 bits per heavy atom. The lowest BCUT2D eigenvalue weighted by molar-refractivity contribution is -0.137. The molecule has 0 unspecified atom stereocenters. The zero-order chi connectivity index (χ0) is 23.4. The molecule has 0 saturated carbocycles. The number of unbranched alkanes of at least 4 members (excludes halogenated alkanes) is 1. The number of aromatic amines is 1. The van der Waals surface area contributed by atoms with Crippen molar-refractivity contribution >= 4 is 0 Å². The first kappa shape index (κ1) is 22.7. The van der Waals surface area contributed by atoms with Gasteiger partial charge in [-0.2, -0.15) is 23.5 Å². The van der Waals surface area contributed by atoms with Crippen molar-refractivity contribution in [3.05, 3.63) is 59.3 Å². The topological polar surface area (TPSA) is 90.1 Å². The monoisotopic (exact) mass is 458 g/mol. The van der Waals surface area contributed by atoms with Crippen LogP contribution in [0.5, 0.6) is 0 Å². The standard InChI is InChI=1S/C22H25F3N8/c1-3-5-7-19-26-18(6-4-2)29-33(19)14-15-8-10-16(11-9-15)32-13-12-17(22(23,24)25)20(32)21-27-30-31-28-21/h8-13H,3-7,14H2,1-2H3,(H,27,28,30,31). The van der Waals surface area contributed by atoms with Gasteiger partial charge in [-0.3, -0.25) is 0 Å². The van der Waals surface area contributed by atoms with Crippen molar-refractivity contribution in [1.82, 2.24) is 40.0 Å². The van der Waals surface area contributed by atoms with Gasteiger partial charge < -0.3 is 4.57 Å². The minimum Gasteiger partial charge on any atom is -0.313 e. The minimum atomic E-state index is -4.54. The summed E-state index contributed by atoms with van der Waals surface area (Å²) in [5, 5.41) is 17.8. The van der Waals surface area contributed by atoms with Gasteiger partial charge in [-0.1, -0.05) is 32.4 Å². The second-order valence-corrected chi connectivity index (χ2v) is 7.80. The smallest absolute Gasteiger partial charge is 0.313 e. The molecule has 3 heterocycles. The van der Waals surface area contributed by atoms with Crippen LogP contribution in [0.3, 0.4) is 0 Å². The van der Waals surface area contributed by atoms with Crippen LogP contribution in [-0.2, 0) is 25.6 Å². The molecule has 33 heavy (non-hydrogen) atoms. The fourth-order valence-electron chi connectivity index (χ4n) is 3.70. The number of aromatic nitrogens is 8. The molecular formula is C22H25F3N8. The number of aryl methyl sites for hydroxylation is 2. The van der Waals surface area contributed by atoms with Crippen molar-refractivity contribution in [3.63, 3.8) is 0 Å². The van der Waals surface area contributed by atoms with E-state index < -0.39 is 11.7 Å². The highest BCUT2D eigenvalue weighted by atomic mass is 19.4. The number of nitrogens with one attached hydrogen (secondary N) is 1. The minimum absolute atomic E-state index is 0.122. The summed E-state index contributed by atoms with van der Waals surface area (Å²) in [6.45, 7) is 4.79. The summed E-state index contributed by atoms with van der Waals surface area (Å²) >= 11 is 0. The molecule has 1 aromatic carbocycles. The molecule has 4 rings (SSSR count). The second-order valence-electron chi connectivity index (χ2n) is 7.80. The predicted octanol–water partition coefficient (Wildman–Crippen LogP) is 4.61. The van der Waals surface area contributed by atoms with Gasteiger partial charge in [-0.05, 0) is 41.8 Å². The van der Waals surface area contributed by atoms with Crippen LogP contribution in [-0.4, -0.2) is 40.0 Å². The fourth-order valence-corrected chi connectivity index (χ4v) is 3.70. The van der Waals surface area contributed by atoms with E-state index in [4.69, 9.17) is 0 Å². The number of alkyl halides is 3. The highest BCUT2D eigenvalue weighted by molar-refractivity contribution is 5.61. The highest BCUT2D eigenvalue weighted by Crippen LogP contribution is 2.37. The van der Waals surface area contributed by atoms with Gasteiger partial charge in [-0.25, -0.2) is 9.67 Å². The maximum absolute atomic E-state index is 13.5. The van der Waals surface area contributed by atoms with E-state index in [1.807, 2.05) is 16.8 Å². The molecule has 0 aliphatic rings. The van der Waals surface area contributed by atoms with Crippen molar-refractivity contribution in [2.75, 3.05) is 0 Å². The Morgan fingerprint density at radius 3 is 2.42 bits per heavy atom. The third kappa shape index (κ3) is 4.96. The van der Waals surface area contributed by atoms with E-state index in [1.165, 1.54) is 10.8 Å². The lowest BCUT2D eigenvalue weighted by Gasteiger charge is -2.12.